The van der Waals surface area contributed by atoms with E-state index in [4.69, 9.17) is 4.74 Å². The molecule has 4 rings (SSSR count). The fourth-order valence-electron chi connectivity index (χ4n) is 3.33. The molecule has 156 valence electrons. The summed E-state index contributed by atoms with van der Waals surface area (Å²) in [6.45, 7) is 3.28. The maximum absolute atomic E-state index is 12.3. The molecule has 0 radical (unpaired) electrons. The van der Waals surface area contributed by atoms with Gasteiger partial charge < -0.3 is 10.1 Å². The summed E-state index contributed by atoms with van der Waals surface area (Å²) >= 11 is 0. The third-order valence-electron chi connectivity index (χ3n) is 4.95. The summed E-state index contributed by atoms with van der Waals surface area (Å²) in [5.74, 6) is -0.439. The van der Waals surface area contributed by atoms with Gasteiger partial charge in [-0.3, -0.25) is 9.59 Å². The number of benzene rings is 2. The molecule has 0 unspecified atom stereocenters. The Morgan fingerprint density at radius 3 is 2.45 bits per heavy atom. The summed E-state index contributed by atoms with van der Waals surface area (Å²) in [5, 5.41) is 6.83. The first-order valence-electron chi connectivity index (χ1n) is 9.78. The van der Waals surface area contributed by atoms with E-state index in [2.05, 4.69) is 20.4 Å². The molecular weight excluding hydrogens is 394 g/mol. The highest BCUT2D eigenvalue weighted by molar-refractivity contribution is 5.93. The molecule has 0 spiro atoms. The van der Waals surface area contributed by atoms with Crippen molar-refractivity contribution >= 4 is 23.3 Å². The summed E-state index contributed by atoms with van der Waals surface area (Å²) in [6.07, 6.45) is 1.41. The van der Waals surface area contributed by atoms with Gasteiger partial charge in [0.15, 0.2) is 6.61 Å². The Morgan fingerprint density at radius 1 is 1.00 bits per heavy atom. The topological polar surface area (TPSA) is 98.5 Å². The second-order valence-electron chi connectivity index (χ2n) is 7.06. The van der Waals surface area contributed by atoms with Crippen LogP contribution >= 0.6 is 0 Å². The average molecular weight is 415 g/mol. The fraction of sp³-hybridized carbons (Fsp3) is 0.174. The van der Waals surface area contributed by atoms with E-state index in [1.165, 1.54) is 6.33 Å². The number of hydrogen-bond acceptors (Lipinski definition) is 6. The van der Waals surface area contributed by atoms with Crippen LogP contribution in [0.5, 0.6) is 0 Å². The Balaban J connectivity index is 1.32. The summed E-state index contributed by atoms with van der Waals surface area (Å²) in [7, 11) is 0. The largest absolute Gasteiger partial charge is 0.455 e. The smallest absolute Gasteiger partial charge is 0.310 e. The predicted molar refractivity (Wildman–Crippen MR) is 115 cm³/mol. The normalized spacial score (nSPS) is 10.8. The van der Waals surface area contributed by atoms with Gasteiger partial charge in [0, 0.05) is 22.6 Å². The van der Waals surface area contributed by atoms with E-state index in [0.29, 0.717) is 22.7 Å². The number of aromatic nitrogens is 4. The highest BCUT2D eigenvalue weighted by Gasteiger charge is 2.16. The Kier molecular flexibility index (Phi) is 5.70. The fourth-order valence-corrected chi connectivity index (χ4v) is 3.33. The van der Waals surface area contributed by atoms with Gasteiger partial charge >= 0.3 is 5.97 Å². The maximum Gasteiger partial charge on any atom is 0.310 e. The van der Waals surface area contributed by atoms with Crippen LogP contribution in [0.4, 0.5) is 5.69 Å². The molecule has 0 fully saturated rings. The first-order chi connectivity index (χ1) is 15.0. The molecule has 8 heteroatoms. The van der Waals surface area contributed by atoms with Crippen molar-refractivity contribution in [3.63, 3.8) is 0 Å². The van der Waals surface area contributed by atoms with Crippen LogP contribution in [0.25, 0.3) is 16.9 Å². The third-order valence-corrected chi connectivity index (χ3v) is 4.95. The van der Waals surface area contributed by atoms with Gasteiger partial charge in [0.25, 0.3) is 11.7 Å². The van der Waals surface area contributed by atoms with Crippen LogP contribution in [-0.2, 0) is 20.7 Å². The van der Waals surface area contributed by atoms with E-state index in [9.17, 15) is 9.59 Å². The summed E-state index contributed by atoms with van der Waals surface area (Å²) in [5.41, 5.74) is 4.93. The van der Waals surface area contributed by atoms with Crippen molar-refractivity contribution in [2.45, 2.75) is 20.3 Å². The molecule has 1 amide bonds. The van der Waals surface area contributed by atoms with Crippen LogP contribution in [0.2, 0.25) is 0 Å². The van der Waals surface area contributed by atoms with E-state index in [1.54, 1.807) is 11.4 Å². The molecular formula is C23H21N5O3. The Morgan fingerprint density at radius 2 is 1.71 bits per heavy atom. The first-order valence-corrected chi connectivity index (χ1v) is 9.78. The number of nitrogens with one attached hydrogen (secondary N) is 1. The van der Waals surface area contributed by atoms with Crippen LogP contribution in [0.1, 0.15) is 17.0 Å². The number of rotatable bonds is 6. The minimum atomic E-state index is -0.512. The first kappa shape index (κ1) is 20.2. The molecule has 0 aliphatic heterocycles. The van der Waals surface area contributed by atoms with Crippen LogP contribution < -0.4 is 5.32 Å². The number of carbonyl (C=O) groups is 2. The quantitative estimate of drug-likeness (QED) is 0.486. The standard InChI is InChI=1S/C23H21N5O3/c1-15-20(16(2)28-23(26-15)24-14-25-28)12-22(30)31-13-21(29)27-19-10-8-18(9-11-19)17-6-4-3-5-7-17/h3-11,14H,12-13H2,1-2H3,(H,27,29). The SMILES string of the molecule is Cc1nc2ncnn2c(C)c1CC(=O)OCC(=O)Nc1ccc(-c2ccccc2)cc1. The average Bonchev–Trinajstić information content (AvgIpc) is 3.25. The van der Waals surface area contributed by atoms with E-state index in [1.807, 2.05) is 61.5 Å². The minimum absolute atomic E-state index is 0.000477. The molecule has 0 saturated heterocycles. The van der Waals surface area contributed by atoms with Gasteiger partial charge in [-0.1, -0.05) is 42.5 Å². The molecule has 0 atom stereocenters. The number of anilines is 1. The van der Waals surface area contributed by atoms with Gasteiger partial charge in [-0.05, 0) is 37.1 Å². The number of nitrogens with zero attached hydrogens (tertiary/aromatic N) is 4. The van der Waals surface area contributed by atoms with E-state index < -0.39 is 11.9 Å². The van der Waals surface area contributed by atoms with Crippen molar-refractivity contribution in [2.75, 3.05) is 11.9 Å². The molecule has 4 aromatic rings. The third kappa shape index (κ3) is 4.58. The molecule has 2 aromatic heterocycles. The molecule has 1 N–H and O–H groups in total. The Bertz CT molecular complexity index is 1230. The van der Waals surface area contributed by atoms with E-state index >= 15 is 0 Å². The molecule has 0 aliphatic carbocycles. The number of ether oxygens (including phenoxy) is 1. The zero-order valence-corrected chi connectivity index (χ0v) is 17.2. The predicted octanol–water partition coefficient (Wildman–Crippen LogP) is 3.13. The lowest BCUT2D eigenvalue weighted by Gasteiger charge is -2.11. The molecule has 0 saturated carbocycles. The zero-order valence-electron chi connectivity index (χ0n) is 17.2. The second kappa shape index (κ2) is 8.74. The van der Waals surface area contributed by atoms with Crippen LogP contribution in [-0.4, -0.2) is 38.1 Å². The van der Waals surface area contributed by atoms with Gasteiger partial charge in [-0.15, -0.1) is 0 Å². The highest BCUT2D eigenvalue weighted by atomic mass is 16.5. The number of esters is 1. The monoisotopic (exact) mass is 415 g/mol. The Labute approximate surface area is 178 Å². The van der Waals surface area contributed by atoms with Gasteiger partial charge in [0.1, 0.15) is 6.33 Å². The number of carbonyl (C=O) groups excluding carboxylic acids is 2. The van der Waals surface area contributed by atoms with Crippen molar-refractivity contribution in [1.29, 1.82) is 0 Å². The second-order valence-corrected chi connectivity index (χ2v) is 7.06. The molecule has 0 bridgehead atoms. The number of aryl methyl sites for hydroxylation is 2. The van der Waals surface area contributed by atoms with Crippen LogP contribution in [0.15, 0.2) is 60.9 Å². The Hall–Kier alpha value is -4.07. The van der Waals surface area contributed by atoms with Crippen LogP contribution in [0.3, 0.4) is 0 Å². The van der Waals surface area contributed by atoms with Crippen molar-refractivity contribution < 1.29 is 14.3 Å². The molecule has 2 aromatic carbocycles. The van der Waals surface area contributed by atoms with Gasteiger partial charge in [-0.2, -0.15) is 10.1 Å². The van der Waals surface area contributed by atoms with E-state index in [-0.39, 0.29) is 13.0 Å². The van der Waals surface area contributed by atoms with Crippen molar-refractivity contribution in [2.24, 2.45) is 0 Å². The molecule has 0 aliphatic rings. The van der Waals surface area contributed by atoms with Gasteiger partial charge in [0.05, 0.1) is 6.42 Å². The highest BCUT2D eigenvalue weighted by Crippen LogP contribution is 2.21. The number of amides is 1. The van der Waals surface area contributed by atoms with Gasteiger partial charge in [-0.25, -0.2) is 9.50 Å². The lowest BCUT2D eigenvalue weighted by molar-refractivity contribution is -0.146. The lowest BCUT2D eigenvalue weighted by atomic mass is 10.1. The van der Waals surface area contributed by atoms with E-state index in [0.717, 1.165) is 16.8 Å². The maximum atomic E-state index is 12.3. The summed E-state index contributed by atoms with van der Waals surface area (Å²) in [6, 6.07) is 17.4. The van der Waals surface area contributed by atoms with Crippen LogP contribution in [0, 0.1) is 13.8 Å². The molecule has 2 heterocycles. The number of hydrogen-bond donors (Lipinski definition) is 1. The van der Waals surface area contributed by atoms with Crippen molar-refractivity contribution in [3.8, 4) is 11.1 Å². The van der Waals surface area contributed by atoms with Crippen molar-refractivity contribution in [1.82, 2.24) is 19.6 Å². The minimum Gasteiger partial charge on any atom is -0.455 e. The van der Waals surface area contributed by atoms with Crippen molar-refractivity contribution in [3.05, 3.63) is 77.9 Å². The van der Waals surface area contributed by atoms with Gasteiger partial charge in [0.2, 0.25) is 0 Å². The molecule has 8 nitrogen and oxygen atoms in total. The lowest BCUT2D eigenvalue weighted by Crippen LogP contribution is -2.22. The zero-order chi connectivity index (χ0) is 21.8. The number of fused-ring (bicyclic) bond motifs is 1. The molecule has 31 heavy (non-hydrogen) atoms. The summed E-state index contributed by atoms with van der Waals surface area (Å²) in [4.78, 5) is 32.8. The summed E-state index contributed by atoms with van der Waals surface area (Å²) < 4.78 is 6.72.